The second-order valence-corrected chi connectivity index (χ2v) is 5.35. The molecule has 2 rings (SSSR count). The fraction of sp³-hybridized carbons (Fsp3) is 0.571. The minimum absolute atomic E-state index is 0.00897. The average molecular weight is 279 g/mol. The van der Waals surface area contributed by atoms with Crippen LogP contribution in [0.2, 0.25) is 0 Å². The van der Waals surface area contributed by atoms with Gasteiger partial charge in [-0.1, -0.05) is 6.07 Å². The van der Waals surface area contributed by atoms with Crippen molar-refractivity contribution in [3.8, 4) is 5.88 Å². The van der Waals surface area contributed by atoms with E-state index in [2.05, 4.69) is 9.88 Å². The highest BCUT2D eigenvalue weighted by Gasteiger charge is 2.34. The summed E-state index contributed by atoms with van der Waals surface area (Å²) in [4.78, 5) is 17.5. The van der Waals surface area contributed by atoms with Gasteiger partial charge in [0.1, 0.15) is 0 Å². The molecule has 1 aliphatic heterocycles. The molecule has 0 saturated carbocycles. The van der Waals surface area contributed by atoms with Crippen LogP contribution in [0.15, 0.2) is 18.2 Å². The summed E-state index contributed by atoms with van der Waals surface area (Å²) in [5.41, 5.74) is 5.07. The zero-order valence-electron chi connectivity index (χ0n) is 11.7. The summed E-state index contributed by atoms with van der Waals surface area (Å²) in [6.45, 7) is 1.94. The zero-order valence-corrected chi connectivity index (χ0v) is 11.7. The van der Waals surface area contributed by atoms with E-state index in [0.717, 1.165) is 18.7 Å². The maximum absolute atomic E-state index is 11.0. The number of nitrogens with two attached hydrogens (primary N) is 1. The molecule has 1 unspecified atom stereocenters. The summed E-state index contributed by atoms with van der Waals surface area (Å²) in [6.07, 6.45) is 1.46. The highest BCUT2D eigenvalue weighted by atomic mass is 16.5. The third-order valence-electron chi connectivity index (χ3n) is 3.51. The smallest absolute Gasteiger partial charge is 0.220 e. The van der Waals surface area contributed by atoms with Crippen molar-refractivity contribution in [3.05, 3.63) is 23.9 Å². The Bertz CT molecular complexity index is 480. The molecule has 6 heteroatoms. The van der Waals surface area contributed by atoms with Crippen LogP contribution in [0, 0.1) is 0 Å². The van der Waals surface area contributed by atoms with Gasteiger partial charge in [-0.2, -0.15) is 0 Å². The molecule has 20 heavy (non-hydrogen) atoms. The first-order valence-corrected chi connectivity index (χ1v) is 6.74. The monoisotopic (exact) mass is 279 g/mol. The molecule has 0 bridgehead atoms. The van der Waals surface area contributed by atoms with Crippen LogP contribution in [0.3, 0.4) is 0 Å². The van der Waals surface area contributed by atoms with Crippen LogP contribution in [0.1, 0.15) is 25.0 Å². The van der Waals surface area contributed by atoms with Gasteiger partial charge < -0.3 is 15.6 Å². The Morgan fingerprint density at radius 3 is 3.10 bits per heavy atom. The number of hydrogen-bond acceptors (Lipinski definition) is 5. The van der Waals surface area contributed by atoms with Gasteiger partial charge in [0, 0.05) is 19.2 Å². The lowest BCUT2D eigenvalue weighted by atomic mass is 9.89. The summed E-state index contributed by atoms with van der Waals surface area (Å²) >= 11 is 0. The first kappa shape index (κ1) is 14.7. The molecule has 0 aromatic carbocycles. The van der Waals surface area contributed by atoms with E-state index in [1.54, 1.807) is 13.2 Å². The standard InChI is InChI=1S/C14H21N3O3/c1-20-13-5-2-4-11(16-13)9-17-7-3-6-14(19,10-17)8-12(15)18/h2,4-5,19H,3,6-10H2,1H3,(H2,15,18). The molecule has 0 spiro atoms. The Kier molecular flexibility index (Phi) is 4.57. The van der Waals surface area contributed by atoms with Crippen molar-refractivity contribution in [2.45, 2.75) is 31.4 Å². The number of pyridine rings is 1. The number of hydrogen-bond donors (Lipinski definition) is 2. The molecule has 1 aromatic rings. The minimum atomic E-state index is -1.01. The van der Waals surface area contributed by atoms with Crippen molar-refractivity contribution in [2.24, 2.45) is 5.73 Å². The molecule has 6 nitrogen and oxygen atoms in total. The number of methoxy groups -OCH3 is 1. The van der Waals surface area contributed by atoms with Crippen LogP contribution in [-0.4, -0.2) is 46.7 Å². The molecule has 0 radical (unpaired) electrons. The lowest BCUT2D eigenvalue weighted by Gasteiger charge is -2.38. The number of primary amides is 1. The molecule has 0 aliphatic carbocycles. The number of ether oxygens (including phenoxy) is 1. The summed E-state index contributed by atoms with van der Waals surface area (Å²) < 4.78 is 5.10. The number of aliphatic hydroxyl groups is 1. The number of carbonyl (C=O) groups excluding carboxylic acids is 1. The van der Waals surface area contributed by atoms with E-state index in [1.165, 1.54) is 0 Å². The fourth-order valence-electron chi connectivity index (χ4n) is 2.70. The summed E-state index contributed by atoms with van der Waals surface area (Å²) in [5, 5.41) is 10.4. The van der Waals surface area contributed by atoms with E-state index in [0.29, 0.717) is 25.4 Å². The van der Waals surface area contributed by atoms with Crippen molar-refractivity contribution >= 4 is 5.91 Å². The number of nitrogens with zero attached hydrogens (tertiary/aromatic N) is 2. The van der Waals surface area contributed by atoms with Gasteiger partial charge in [0.15, 0.2) is 0 Å². The number of piperidine rings is 1. The second kappa shape index (κ2) is 6.19. The number of aromatic nitrogens is 1. The normalized spacial score (nSPS) is 23.5. The molecule has 1 amide bonds. The Balaban J connectivity index is 2.00. The quantitative estimate of drug-likeness (QED) is 0.809. The van der Waals surface area contributed by atoms with Gasteiger partial charge in [-0.3, -0.25) is 9.69 Å². The molecule has 2 heterocycles. The number of β-amino-alcohol motifs (C(OH)–C–C–N with tert-alkyl or cyclic N) is 1. The third-order valence-corrected chi connectivity index (χ3v) is 3.51. The lowest BCUT2D eigenvalue weighted by Crippen LogP contribution is -2.49. The minimum Gasteiger partial charge on any atom is -0.481 e. The first-order valence-electron chi connectivity index (χ1n) is 6.74. The van der Waals surface area contributed by atoms with Crippen molar-refractivity contribution in [2.75, 3.05) is 20.2 Å². The van der Waals surface area contributed by atoms with E-state index < -0.39 is 11.5 Å². The Labute approximate surface area is 118 Å². The maximum atomic E-state index is 11.0. The van der Waals surface area contributed by atoms with E-state index in [9.17, 15) is 9.90 Å². The number of rotatable bonds is 5. The van der Waals surface area contributed by atoms with E-state index in [1.807, 2.05) is 12.1 Å². The molecular weight excluding hydrogens is 258 g/mol. The largest absolute Gasteiger partial charge is 0.481 e. The lowest BCUT2D eigenvalue weighted by molar-refractivity contribution is -0.125. The van der Waals surface area contributed by atoms with E-state index >= 15 is 0 Å². The third kappa shape index (κ3) is 3.91. The highest BCUT2D eigenvalue weighted by Crippen LogP contribution is 2.25. The van der Waals surface area contributed by atoms with Crippen molar-refractivity contribution in [1.29, 1.82) is 0 Å². The van der Waals surface area contributed by atoms with Gasteiger partial charge in [-0.05, 0) is 25.5 Å². The number of amides is 1. The first-order chi connectivity index (χ1) is 9.50. The predicted molar refractivity (Wildman–Crippen MR) is 74.1 cm³/mol. The van der Waals surface area contributed by atoms with Crippen molar-refractivity contribution in [3.63, 3.8) is 0 Å². The van der Waals surface area contributed by atoms with Crippen LogP contribution in [0.5, 0.6) is 5.88 Å². The molecule has 1 aliphatic rings. The molecule has 1 fully saturated rings. The van der Waals surface area contributed by atoms with Crippen molar-refractivity contribution < 1.29 is 14.6 Å². The topological polar surface area (TPSA) is 88.7 Å². The van der Waals surface area contributed by atoms with Gasteiger partial charge in [0.2, 0.25) is 11.8 Å². The second-order valence-electron chi connectivity index (χ2n) is 5.35. The number of carbonyl (C=O) groups is 1. The SMILES string of the molecule is COc1cccc(CN2CCCC(O)(CC(N)=O)C2)n1. The van der Waals surface area contributed by atoms with Gasteiger partial charge in [0.05, 0.1) is 24.8 Å². The van der Waals surface area contributed by atoms with Gasteiger partial charge in [-0.25, -0.2) is 4.98 Å². The van der Waals surface area contributed by atoms with Gasteiger partial charge in [0.25, 0.3) is 0 Å². The fourth-order valence-corrected chi connectivity index (χ4v) is 2.70. The van der Waals surface area contributed by atoms with Crippen LogP contribution < -0.4 is 10.5 Å². The molecule has 1 aromatic heterocycles. The predicted octanol–water partition coefficient (Wildman–Crippen LogP) is 0.293. The molecule has 1 saturated heterocycles. The molecular formula is C14H21N3O3. The van der Waals surface area contributed by atoms with Crippen LogP contribution in [-0.2, 0) is 11.3 Å². The Morgan fingerprint density at radius 1 is 1.60 bits per heavy atom. The van der Waals surface area contributed by atoms with Gasteiger partial charge in [-0.15, -0.1) is 0 Å². The average Bonchev–Trinajstić information content (AvgIpc) is 2.37. The van der Waals surface area contributed by atoms with E-state index in [-0.39, 0.29) is 6.42 Å². The summed E-state index contributed by atoms with van der Waals surface area (Å²) in [5.74, 6) is 0.112. The molecule has 1 atom stereocenters. The van der Waals surface area contributed by atoms with E-state index in [4.69, 9.17) is 10.5 Å². The number of likely N-dealkylation sites (tertiary alicyclic amines) is 1. The van der Waals surface area contributed by atoms with Crippen LogP contribution >= 0.6 is 0 Å². The Morgan fingerprint density at radius 2 is 2.40 bits per heavy atom. The maximum Gasteiger partial charge on any atom is 0.220 e. The highest BCUT2D eigenvalue weighted by molar-refractivity contribution is 5.75. The van der Waals surface area contributed by atoms with Crippen LogP contribution in [0.25, 0.3) is 0 Å². The molecule has 3 N–H and O–H groups in total. The van der Waals surface area contributed by atoms with Crippen molar-refractivity contribution in [1.82, 2.24) is 9.88 Å². The summed E-state index contributed by atoms with van der Waals surface area (Å²) in [6, 6.07) is 5.61. The van der Waals surface area contributed by atoms with Crippen LogP contribution in [0.4, 0.5) is 0 Å². The zero-order chi connectivity index (χ0) is 14.6. The summed E-state index contributed by atoms with van der Waals surface area (Å²) in [7, 11) is 1.58. The Hall–Kier alpha value is -1.66. The van der Waals surface area contributed by atoms with Gasteiger partial charge >= 0.3 is 0 Å². The molecule has 110 valence electrons.